The monoisotopic (exact) mass is 259 g/mol. The standard InChI is InChI=1S/C14H21N5/c15-10-12-13(16)19(11-6-2-3-7-11)17-14(12)18-8-4-1-5-9-18/h11H,1-9,16H2. The minimum atomic E-state index is 0.394. The van der Waals surface area contributed by atoms with Gasteiger partial charge in [-0.3, -0.25) is 0 Å². The molecule has 5 heteroatoms. The molecule has 2 N–H and O–H groups in total. The van der Waals surface area contributed by atoms with Crippen molar-refractivity contribution in [2.45, 2.75) is 51.0 Å². The maximum absolute atomic E-state index is 9.38. The molecule has 1 aromatic rings. The van der Waals surface area contributed by atoms with Crippen molar-refractivity contribution >= 4 is 11.6 Å². The van der Waals surface area contributed by atoms with Gasteiger partial charge in [0.2, 0.25) is 0 Å². The van der Waals surface area contributed by atoms with Crippen molar-refractivity contribution < 1.29 is 0 Å². The molecule has 0 radical (unpaired) electrons. The molecule has 2 heterocycles. The number of nitriles is 1. The van der Waals surface area contributed by atoms with Crippen LogP contribution in [-0.2, 0) is 0 Å². The highest BCUT2D eigenvalue weighted by Gasteiger charge is 2.27. The second-order valence-corrected chi connectivity index (χ2v) is 5.63. The normalized spacial score (nSPS) is 20.7. The van der Waals surface area contributed by atoms with E-state index in [1.807, 2.05) is 4.68 Å². The summed E-state index contributed by atoms with van der Waals surface area (Å²) >= 11 is 0. The van der Waals surface area contributed by atoms with Crippen LogP contribution in [-0.4, -0.2) is 22.9 Å². The molecule has 1 aliphatic carbocycles. The van der Waals surface area contributed by atoms with Crippen molar-refractivity contribution in [3.8, 4) is 6.07 Å². The first kappa shape index (κ1) is 12.3. The zero-order valence-corrected chi connectivity index (χ0v) is 11.3. The Kier molecular flexibility index (Phi) is 3.33. The van der Waals surface area contributed by atoms with Crippen LogP contribution in [0.1, 0.15) is 56.6 Å². The summed E-state index contributed by atoms with van der Waals surface area (Å²) in [5, 5.41) is 14.1. The minimum absolute atomic E-state index is 0.394. The van der Waals surface area contributed by atoms with Crippen LogP contribution in [0.5, 0.6) is 0 Å². The van der Waals surface area contributed by atoms with Gasteiger partial charge in [-0.25, -0.2) is 4.68 Å². The van der Waals surface area contributed by atoms with E-state index in [0.717, 1.165) is 31.7 Å². The quantitative estimate of drug-likeness (QED) is 0.885. The molecule has 0 atom stereocenters. The number of nitrogens with two attached hydrogens (primary N) is 1. The van der Waals surface area contributed by atoms with Crippen LogP contribution < -0.4 is 10.6 Å². The van der Waals surface area contributed by atoms with Gasteiger partial charge >= 0.3 is 0 Å². The lowest BCUT2D eigenvalue weighted by molar-refractivity contribution is 0.470. The van der Waals surface area contributed by atoms with Gasteiger partial charge in [0.15, 0.2) is 5.82 Å². The maximum Gasteiger partial charge on any atom is 0.170 e. The van der Waals surface area contributed by atoms with E-state index in [-0.39, 0.29) is 0 Å². The van der Waals surface area contributed by atoms with Crippen molar-refractivity contribution in [3.63, 3.8) is 0 Å². The lowest BCUT2D eigenvalue weighted by atomic mass is 10.1. The van der Waals surface area contributed by atoms with Crippen LogP contribution >= 0.6 is 0 Å². The summed E-state index contributed by atoms with van der Waals surface area (Å²) in [7, 11) is 0. The summed E-state index contributed by atoms with van der Waals surface area (Å²) in [6.07, 6.45) is 8.39. The number of nitrogens with zero attached hydrogens (tertiary/aromatic N) is 4. The molecule has 2 aliphatic rings. The van der Waals surface area contributed by atoms with Crippen molar-refractivity contribution in [2.75, 3.05) is 23.7 Å². The summed E-state index contributed by atoms with van der Waals surface area (Å²) in [6.45, 7) is 1.99. The van der Waals surface area contributed by atoms with E-state index < -0.39 is 0 Å². The second kappa shape index (κ2) is 5.12. The molecule has 1 aliphatic heterocycles. The second-order valence-electron chi connectivity index (χ2n) is 5.63. The van der Waals surface area contributed by atoms with E-state index >= 15 is 0 Å². The van der Waals surface area contributed by atoms with E-state index in [1.165, 1.54) is 32.1 Å². The Hall–Kier alpha value is -1.70. The first-order valence-electron chi connectivity index (χ1n) is 7.34. The molecule has 3 rings (SSSR count). The van der Waals surface area contributed by atoms with Crippen molar-refractivity contribution in [2.24, 2.45) is 0 Å². The molecular weight excluding hydrogens is 238 g/mol. The number of hydrogen-bond acceptors (Lipinski definition) is 4. The topological polar surface area (TPSA) is 70.9 Å². The number of hydrogen-bond donors (Lipinski definition) is 1. The van der Waals surface area contributed by atoms with Crippen LogP contribution in [0.25, 0.3) is 0 Å². The van der Waals surface area contributed by atoms with Crippen LogP contribution in [0, 0.1) is 11.3 Å². The smallest absolute Gasteiger partial charge is 0.170 e. The van der Waals surface area contributed by atoms with Crippen LogP contribution in [0.4, 0.5) is 11.6 Å². The van der Waals surface area contributed by atoms with E-state index in [2.05, 4.69) is 16.1 Å². The molecule has 102 valence electrons. The molecule has 0 aromatic carbocycles. The fourth-order valence-electron chi connectivity index (χ4n) is 3.30. The molecule has 2 fully saturated rings. The van der Waals surface area contributed by atoms with Crippen molar-refractivity contribution in [1.29, 1.82) is 5.26 Å². The van der Waals surface area contributed by atoms with Gasteiger partial charge in [0.05, 0.1) is 6.04 Å². The number of piperidine rings is 1. The van der Waals surface area contributed by atoms with Crippen LogP contribution in [0.3, 0.4) is 0 Å². The SMILES string of the molecule is N#Cc1c(N2CCCCC2)nn(C2CCCC2)c1N. The Morgan fingerprint density at radius 2 is 1.79 bits per heavy atom. The fraction of sp³-hybridized carbons (Fsp3) is 0.714. The van der Waals surface area contributed by atoms with Gasteiger partial charge in [-0.15, -0.1) is 0 Å². The van der Waals surface area contributed by atoms with E-state index in [1.54, 1.807) is 0 Å². The molecule has 0 spiro atoms. The van der Waals surface area contributed by atoms with Gasteiger partial charge in [-0.2, -0.15) is 10.4 Å². The number of nitrogen functional groups attached to an aromatic ring is 1. The van der Waals surface area contributed by atoms with Crippen LogP contribution in [0.2, 0.25) is 0 Å². The zero-order chi connectivity index (χ0) is 13.2. The molecule has 1 aromatic heterocycles. The number of aromatic nitrogens is 2. The molecule has 5 nitrogen and oxygen atoms in total. The van der Waals surface area contributed by atoms with Gasteiger partial charge in [0, 0.05) is 13.1 Å². The molecule has 1 saturated heterocycles. The summed E-state index contributed by atoms with van der Waals surface area (Å²) in [6, 6.07) is 2.65. The van der Waals surface area contributed by atoms with Crippen LogP contribution in [0.15, 0.2) is 0 Å². The van der Waals surface area contributed by atoms with Crippen molar-refractivity contribution in [3.05, 3.63) is 5.56 Å². The summed E-state index contributed by atoms with van der Waals surface area (Å²) in [4.78, 5) is 2.23. The Labute approximate surface area is 114 Å². The molecule has 0 unspecified atom stereocenters. The average molecular weight is 259 g/mol. The van der Waals surface area contributed by atoms with E-state index in [0.29, 0.717) is 17.4 Å². The third-order valence-electron chi connectivity index (χ3n) is 4.37. The Bertz CT molecular complexity index is 487. The highest BCUT2D eigenvalue weighted by atomic mass is 15.4. The van der Waals surface area contributed by atoms with Gasteiger partial charge in [-0.1, -0.05) is 12.8 Å². The highest BCUT2D eigenvalue weighted by Crippen LogP contribution is 2.35. The zero-order valence-electron chi connectivity index (χ0n) is 11.3. The average Bonchev–Trinajstić information content (AvgIpc) is 3.07. The number of rotatable bonds is 2. The van der Waals surface area contributed by atoms with Gasteiger partial charge in [0.25, 0.3) is 0 Å². The summed E-state index contributed by atoms with van der Waals surface area (Å²) < 4.78 is 1.91. The minimum Gasteiger partial charge on any atom is -0.383 e. The first-order chi connectivity index (χ1) is 9.31. The van der Waals surface area contributed by atoms with E-state index in [4.69, 9.17) is 5.73 Å². The van der Waals surface area contributed by atoms with Gasteiger partial charge in [0.1, 0.15) is 17.5 Å². The maximum atomic E-state index is 9.38. The Morgan fingerprint density at radius 3 is 2.42 bits per heavy atom. The Balaban J connectivity index is 1.94. The third-order valence-corrected chi connectivity index (χ3v) is 4.37. The lowest BCUT2D eigenvalue weighted by Crippen LogP contribution is -2.30. The van der Waals surface area contributed by atoms with Gasteiger partial charge in [-0.05, 0) is 32.1 Å². The lowest BCUT2D eigenvalue weighted by Gasteiger charge is -2.26. The number of anilines is 2. The largest absolute Gasteiger partial charge is 0.383 e. The Morgan fingerprint density at radius 1 is 1.11 bits per heavy atom. The predicted octanol–water partition coefficient (Wildman–Crippen LogP) is 2.44. The highest BCUT2D eigenvalue weighted by molar-refractivity contribution is 5.65. The summed E-state index contributed by atoms with van der Waals surface area (Å²) in [5.74, 6) is 1.38. The van der Waals surface area contributed by atoms with E-state index in [9.17, 15) is 5.26 Å². The molecular formula is C14H21N5. The van der Waals surface area contributed by atoms with Crippen molar-refractivity contribution in [1.82, 2.24) is 9.78 Å². The van der Waals surface area contributed by atoms with Gasteiger partial charge < -0.3 is 10.6 Å². The first-order valence-corrected chi connectivity index (χ1v) is 7.34. The summed E-state index contributed by atoms with van der Waals surface area (Å²) in [5.41, 5.74) is 6.73. The molecule has 0 amide bonds. The third kappa shape index (κ3) is 2.16. The molecule has 1 saturated carbocycles. The molecule has 19 heavy (non-hydrogen) atoms. The molecule has 0 bridgehead atoms. The predicted molar refractivity (Wildman–Crippen MR) is 74.9 cm³/mol. The fourth-order valence-corrected chi connectivity index (χ4v) is 3.30.